The van der Waals surface area contributed by atoms with Gasteiger partial charge in [-0.1, -0.05) is 24.3 Å². The second-order valence-electron chi connectivity index (χ2n) is 5.02. The van der Waals surface area contributed by atoms with Crippen molar-refractivity contribution in [3.63, 3.8) is 0 Å². The molecule has 2 aromatic rings. The summed E-state index contributed by atoms with van der Waals surface area (Å²) in [4.78, 5) is 2.16. The number of nitriles is 1. The van der Waals surface area contributed by atoms with Gasteiger partial charge in [-0.2, -0.15) is 5.26 Å². The van der Waals surface area contributed by atoms with Gasteiger partial charge in [-0.15, -0.1) is 0 Å². The lowest BCUT2D eigenvalue weighted by Gasteiger charge is -2.18. The number of hydrogen-bond donors (Lipinski definition) is 1. The minimum absolute atomic E-state index is 0.558. The summed E-state index contributed by atoms with van der Waals surface area (Å²) >= 11 is 0. The van der Waals surface area contributed by atoms with Crippen molar-refractivity contribution in [2.24, 2.45) is 0 Å². The molecule has 0 radical (unpaired) electrons. The van der Waals surface area contributed by atoms with Crippen molar-refractivity contribution < 1.29 is 4.74 Å². The van der Waals surface area contributed by atoms with E-state index in [9.17, 15) is 0 Å². The Morgan fingerprint density at radius 3 is 2.62 bits per heavy atom. The van der Waals surface area contributed by atoms with Gasteiger partial charge in [0.25, 0.3) is 0 Å². The van der Waals surface area contributed by atoms with Crippen LogP contribution in [0.3, 0.4) is 0 Å². The Hall–Kier alpha value is -2.51. The van der Waals surface area contributed by atoms with Crippen LogP contribution in [0, 0.1) is 11.3 Å². The molecule has 0 amide bonds. The Bertz CT molecular complexity index is 661. The first-order valence-corrected chi connectivity index (χ1v) is 6.73. The fourth-order valence-electron chi connectivity index (χ4n) is 2.28. The van der Waals surface area contributed by atoms with Crippen molar-refractivity contribution >= 4 is 5.69 Å². The maximum atomic E-state index is 9.12. The SMILES string of the molecule is COc1ccc(CN(C)Cc2ccccc2N)cc1C#N. The molecule has 0 heterocycles. The standard InChI is InChI=1S/C17H19N3O/c1-20(12-14-5-3-4-6-16(14)19)11-13-7-8-17(21-2)15(9-13)10-18/h3-9H,11-12,19H2,1-2H3. The molecule has 0 aliphatic rings. The van der Waals surface area contributed by atoms with Gasteiger partial charge in [0.2, 0.25) is 0 Å². The predicted molar refractivity (Wildman–Crippen MR) is 83.7 cm³/mol. The van der Waals surface area contributed by atoms with Gasteiger partial charge in [-0.05, 0) is 36.4 Å². The lowest BCUT2D eigenvalue weighted by Crippen LogP contribution is -2.18. The van der Waals surface area contributed by atoms with Gasteiger partial charge < -0.3 is 10.5 Å². The molecule has 0 atom stereocenters. The highest BCUT2D eigenvalue weighted by Gasteiger charge is 2.07. The summed E-state index contributed by atoms with van der Waals surface area (Å²) < 4.78 is 5.15. The molecule has 0 spiro atoms. The first-order valence-electron chi connectivity index (χ1n) is 6.73. The summed E-state index contributed by atoms with van der Waals surface area (Å²) in [7, 11) is 3.60. The van der Waals surface area contributed by atoms with E-state index in [0.717, 1.165) is 29.9 Å². The third-order valence-corrected chi connectivity index (χ3v) is 3.33. The van der Waals surface area contributed by atoms with Crippen molar-refractivity contribution in [3.05, 3.63) is 59.2 Å². The lowest BCUT2D eigenvalue weighted by molar-refractivity contribution is 0.319. The molecule has 0 saturated carbocycles. The van der Waals surface area contributed by atoms with Gasteiger partial charge in [0.05, 0.1) is 12.7 Å². The minimum Gasteiger partial charge on any atom is -0.495 e. The Balaban J connectivity index is 2.08. The van der Waals surface area contributed by atoms with Gasteiger partial charge in [-0.25, -0.2) is 0 Å². The summed E-state index contributed by atoms with van der Waals surface area (Å²) in [6.07, 6.45) is 0. The lowest BCUT2D eigenvalue weighted by atomic mass is 10.1. The second-order valence-corrected chi connectivity index (χ2v) is 5.02. The van der Waals surface area contributed by atoms with Crippen LogP contribution in [0.15, 0.2) is 42.5 Å². The van der Waals surface area contributed by atoms with E-state index in [1.807, 2.05) is 49.5 Å². The van der Waals surface area contributed by atoms with Crippen LogP contribution in [0.5, 0.6) is 5.75 Å². The first-order chi connectivity index (χ1) is 10.1. The highest BCUT2D eigenvalue weighted by Crippen LogP contribution is 2.20. The molecule has 0 aliphatic carbocycles. The minimum atomic E-state index is 0.558. The molecule has 0 aromatic heterocycles. The zero-order valence-corrected chi connectivity index (χ0v) is 12.3. The van der Waals surface area contributed by atoms with Crippen molar-refractivity contribution in [2.45, 2.75) is 13.1 Å². The van der Waals surface area contributed by atoms with Gasteiger partial charge in [0, 0.05) is 18.8 Å². The quantitative estimate of drug-likeness (QED) is 0.856. The molecule has 108 valence electrons. The van der Waals surface area contributed by atoms with E-state index in [2.05, 4.69) is 11.0 Å². The Morgan fingerprint density at radius 1 is 1.19 bits per heavy atom. The molecule has 0 unspecified atom stereocenters. The third-order valence-electron chi connectivity index (χ3n) is 3.33. The number of nitrogens with two attached hydrogens (primary N) is 1. The van der Waals surface area contributed by atoms with Crippen LogP contribution in [0.1, 0.15) is 16.7 Å². The number of methoxy groups -OCH3 is 1. The van der Waals surface area contributed by atoms with Crippen molar-refractivity contribution in [3.8, 4) is 11.8 Å². The van der Waals surface area contributed by atoms with Gasteiger partial charge in [-0.3, -0.25) is 4.90 Å². The summed E-state index contributed by atoms with van der Waals surface area (Å²) in [6.45, 7) is 1.51. The molecular formula is C17H19N3O. The summed E-state index contributed by atoms with van der Waals surface area (Å²) in [5.74, 6) is 0.608. The average molecular weight is 281 g/mol. The zero-order chi connectivity index (χ0) is 15.2. The first kappa shape index (κ1) is 14.9. The van der Waals surface area contributed by atoms with Crippen LogP contribution in [0.4, 0.5) is 5.69 Å². The molecule has 4 nitrogen and oxygen atoms in total. The third kappa shape index (κ3) is 3.74. The highest BCUT2D eigenvalue weighted by atomic mass is 16.5. The van der Waals surface area contributed by atoms with E-state index in [1.165, 1.54) is 0 Å². The number of benzene rings is 2. The van der Waals surface area contributed by atoms with E-state index in [1.54, 1.807) is 7.11 Å². The molecule has 2 aromatic carbocycles. The number of hydrogen-bond acceptors (Lipinski definition) is 4. The molecule has 2 rings (SSSR count). The Morgan fingerprint density at radius 2 is 1.95 bits per heavy atom. The van der Waals surface area contributed by atoms with Crippen molar-refractivity contribution in [1.29, 1.82) is 5.26 Å². The maximum Gasteiger partial charge on any atom is 0.136 e. The van der Waals surface area contributed by atoms with Gasteiger partial charge in [0.15, 0.2) is 0 Å². The topological polar surface area (TPSA) is 62.3 Å². The predicted octanol–water partition coefficient (Wildman–Crippen LogP) is 2.78. The van der Waals surface area contributed by atoms with E-state index >= 15 is 0 Å². The fraction of sp³-hybridized carbons (Fsp3) is 0.235. The molecular weight excluding hydrogens is 262 g/mol. The van der Waals surface area contributed by atoms with Crippen LogP contribution < -0.4 is 10.5 Å². The zero-order valence-electron chi connectivity index (χ0n) is 12.3. The van der Waals surface area contributed by atoms with E-state index in [0.29, 0.717) is 11.3 Å². The number of anilines is 1. The Labute approximate surface area is 125 Å². The normalized spacial score (nSPS) is 10.4. The second kappa shape index (κ2) is 6.78. The molecule has 0 bridgehead atoms. The van der Waals surface area contributed by atoms with Crippen LogP contribution >= 0.6 is 0 Å². The molecule has 21 heavy (non-hydrogen) atoms. The number of rotatable bonds is 5. The van der Waals surface area contributed by atoms with E-state index in [-0.39, 0.29) is 0 Å². The smallest absolute Gasteiger partial charge is 0.136 e. The summed E-state index contributed by atoms with van der Waals surface area (Å²) in [5.41, 5.74) is 9.50. The fourth-order valence-corrected chi connectivity index (χ4v) is 2.28. The number of nitrogen functional groups attached to an aromatic ring is 1. The van der Waals surface area contributed by atoms with Crippen LogP contribution in [0.25, 0.3) is 0 Å². The van der Waals surface area contributed by atoms with Crippen LogP contribution in [-0.4, -0.2) is 19.1 Å². The van der Waals surface area contributed by atoms with E-state index in [4.69, 9.17) is 15.7 Å². The molecule has 4 heteroatoms. The number of nitrogens with zero attached hydrogens (tertiary/aromatic N) is 2. The summed E-state index contributed by atoms with van der Waals surface area (Å²) in [6, 6.07) is 15.7. The average Bonchev–Trinajstić information content (AvgIpc) is 2.49. The van der Waals surface area contributed by atoms with Crippen molar-refractivity contribution in [2.75, 3.05) is 19.9 Å². The number of ether oxygens (including phenoxy) is 1. The largest absolute Gasteiger partial charge is 0.495 e. The number of para-hydroxylation sites is 1. The van der Waals surface area contributed by atoms with Gasteiger partial charge >= 0.3 is 0 Å². The molecule has 0 saturated heterocycles. The molecule has 0 aliphatic heterocycles. The summed E-state index contributed by atoms with van der Waals surface area (Å²) in [5, 5.41) is 9.12. The van der Waals surface area contributed by atoms with Crippen LogP contribution in [0.2, 0.25) is 0 Å². The molecule has 0 fully saturated rings. The van der Waals surface area contributed by atoms with Crippen molar-refractivity contribution in [1.82, 2.24) is 4.90 Å². The van der Waals surface area contributed by atoms with Gasteiger partial charge in [0.1, 0.15) is 11.8 Å². The maximum absolute atomic E-state index is 9.12. The van der Waals surface area contributed by atoms with E-state index < -0.39 is 0 Å². The highest BCUT2D eigenvalue weighted by molar-refractivity contribution is 5.47. The Kier molecular flexibility index (Phi) is 4.81. The monoisotopic (exact) mass is 281 g/mol. The van der Waals surface area contributed by atoms with Crippen LogP contribution in [-0.2, 0) is 13.1 Å². The molecule has 2 N–H and O–H groups in total.